The summed E-state index contributed by atoms with van der Waals surface area (Å²) >= 11 is 9.03. The fourth-order valence-corrected chi connectivity index (χ4v) is 1.48. The smallest absolute Gasteiger partial charge is 0.0886 e. The minimum absolute atomic E-state index is 0.120. The van der Waals surface area contributed by atoms with E-state index in [0.717, 1.165) is 25.8 Å². The van der Waals surface area contributed by atoms with Crippen LogP contribution in [0.4, 0.5) is 0 Å². The minimum atomic E-state index is 0.120. The van der Waals surface area contributed by atoms with Gasteiger partial charge in [-0.3, -0.25) is 4.68 Å². The van der Waals surface area contributed by atoms with Gasteiger partial charge in [-0.15, -0.1) is 11.6 Å². The third-order valence-corrected chi connectivity index (χ3v) is 2.29. The summed E-state index contributed by atoms with van der Waals surface area (Å²) in [5.74, 6) is 0. The monoisotopic (exact) mass is 250 g/mol. The maximum absolute atomic E-state index is 5.73. The van der Waals surface area contributed by atoms with Crippen LogP contribution in [0.2, 0.25) is 0 Å². The van der Waals surface area contributed by atoms with Crippen LogP contribution in [0, 0.1) is 0 Å². The van der Waals surface area contributed by atoms with Gasteiger partial charge in [-0.25, -0.2) is 0 Å². The Labute approximate surface area is 86.0 Å². The molecule has 0 bridgehead atoms. The highest BCUT2D eigenvalue weighted by Crippen LogP contribution is 2.13. The van der Waals surface area contributed by atoms with Crippen molar-refractivity contribution in [3.63, 3.8) is 0 Å². The Bertz CT molecular complexity index is 199. The Kier molecular flexibility index (Phi) is 4.69. The van der Waals surface area contributed by atoms with Crippen LogP contribution in [0.3, 0.4) is 0 Å². The molecule has 0 aliphatic heterocycles. The average molecular weight is 252 g/mol. The first kappa shape index (κ1) is 10.1. The summed E-state index contributed by atoms with van der Waals surface area (Å²) in [7, 11) is 0. The molecular formula is C8H12BrClN2. The van der Waals surface area contributed by atoms with Gasteiger partial charge < -0.3 is 0 Å². The first-order valence-corrected chi connectivity index (χ1v) is 5.40. The number of nitrogens with zero attached hydrogens (tertiary/aromatic N) is 2. The molecule has 0 saturated heterocycles. The van der Waals surface area contributed by atoms with Gasteiger partial charge in [0.2, 0.25) is 0 Å². The Morgan fingerprint density at radius 3 is 2.92 bits per heavy atom. The molecule has 4 heteroatoms. The Morgan fingerprint density at radius 2 is 2.33 bits per heavy atom. The summed E-state index contributed by atoms with van der Waals surface area (Å²) in [5, 5.41) is 4.10. The van der Waals surface area contributed by atoms with Gasteiger partial charge in [0.15, 0.2) is 0 Å². The molecule has 1 heterocycles. The summed E-state index contributed by atoms with van der Waals surface area (Å²) in [6.07, 6.45) is 7.07. The largest absolute Gasteiger partial charge is 0.273 e. The summed E-state index contributed by atoms with van der Waals surface area (Å²) in [4.78, 5) is 0. The number of halogens is 2. The third-order valence-electron chi connectivity index (χ3n) is 1.62. The molecule has 0 aliphatic rings. The molecule has 0 aromatic carbocycles. The summed E-state index contributed by atoms with van der Waals surface area (Å²) < 4.78 is 2.06. The lowest BCUT2D eigenvalue weighted by Crippen LogP contribution is -1.98. The molecule has 68 valence electrons. The summed E-state index contributed by atoms with van der Waals surface area (Å²) in [6.45, 7) is 0.990. The molecule has 1 aromatic heterocycles. The van der Waals surface area contributed by atoms with Gasteiger partial charge in [0, 0.05) is 18.9 Å². The molecule has 0 fully saturated rings. The van der Waals surface area contributed by atoms with Gasteiger partial charge in [0.05, 0.1) is 4.29 Å². The molecule has 0 aliphatic carbocycles. The Balaban J connectivity index is 2.04. The highest BCUT2D eigenvalue weighted by atomic mass is 79.9. The lowest BCUT2D eigenvalue weighted by Gasteiger charge is -2.01. The van der Waals surface area contributed by atoms with Crippen LogP contribution >= 0.6 is 27.5 Å². The van der Waals surface area contributed by atoms with Crippen molar-refractivity contribution in [2.24, 2.45) is 0 Å². The predicted molar refractivity (Wildman–Crippen MR) is 54.6 cm³/mol. The van der Waals surface area contributed by atoms with E-state index in [4.69, 9.17) is 11.6 Å². The van der Waals surface area contributed by atoms with E-state index in [1.807, 2.05) is 16.9 Å². The van der Waals surface area contributed by atoms with Crippen molar-refractivity contribution in [1.82, 2.24) is 9.78 Å². The third kappa shape index (κ3) is 4.12. The van der Waals surface area contributed by atoms with Crippen LogP contribution in [0.25, 0.3) is 0 Å². The zero-order valence-corrected chi connectivity index (χ0v) is 9.13. The number of alkyl halides is 2. The zero-order chi connectivity index (χ0) is 8.81. The minimum Gasteiger partial charge on any atom is -0.273 e. The molecule has 0 saturated carbocycles. The van der Waals surface area contributed by atoms with Crippen molar-refractivity contribution >= 4 is 27.5 Å². The second kappa shape index (κ2) is 5.60. The molecular weight excluding hydrogens is 239 g/mol. The first-order chi connectivity index (χ1) is 5.79. The molecule has 0 N–H and O–H groups in total. The number of hydrogen-bond acceptors (Lipinski definition) is 1. The molecule has 1 unspecified atom stereocenters. The van der Waals surface area contributed by atoms with E-state index < -0.39 is 0 Å². The van der Waals surface area contributed by atoms with Gasteiger partial charge in [-0.05, 0) is 25.3 Å². The molecule has 12 heavy (non-hydrogen) atoms. The highest BCUT2D eigenvalue weighted by Gasteiger charge is 1.97. The molecule has 1 atom stereocenters. The van der Waals surface area contributed by atoms with E-state index in [2.05, 4.69) is 21.0 Å². The van der Waals surface area contributed by atoms with Crippen molar-refractivity contribution < 1.29 is 0 Å². The zero-order valence-electron chi connectivity index (χ0n) is 6.79. The summed E-state index contributed by atoms with van der Waals surface area (Å²) in [5.41, 5.74) is 0. The van der Waals surface area contributed by atoms with E-state index in [9.17, 15) is 0 Å². The van der Waals surface area contributed by atoms with E-state index >= 15 is 0 Å². The highest BCUT2D eigenvalue weighted by molar-refractivity contribution is 9.10. The standard InChI is InChI=1S/C8H12BrClN2/c9-8(10)4-1-2-6-12-7-3-5-11-12/h3,5,7-8H,1-2,4,6H2. The number of hydrogen-bond donors (Lipinski definition) is 0. The van der Waals surface area contributed by atoms with Crippen molar-refractivity contribution in [3.05, 3.63) is 18.5 Å². The maximum atomic E-state index is 5.73. The molecule has 2 nitrogen and oxygen atoms in total. The summed E-state index contributed by atoms with van der Waals surface area (Å²) in [6, 6.07) is 1.94. The first-order valence-electron chi connectivity index (χ1n) is 4.04. The lowest BCUT2D eigenvalue weighted by atomic mass is 10.2. The lowest BCUT2D eigenvalue weighted by molar-refractivity contribution is 0.552. The predicted octanol–water partition coefficient (Wildman–Crippen LogP) is 3.01. The van der Waals surface area contributed by atoms with Gasteiger partial charge >= 0.3 is 0 Å². The van der Waals surface area contributed by atoms with Crippen LogP contribution in [0.1, 0.15) is 19.3 Å². The molecule has 0 amide bonds. The number of aromatic nitrogens is 2. The van der Waals surface area contributed by atoms with Gasteiger partial charge in [-0.2, -0.15) is 5.10 Å². The van der Waals surface area contributed by atoms with Crippen molar-refractivity contribution in [3.8, 4) is 0 Å². The maximum Gasteiger partial charge on any atom is 0.0886 e. The van der Waals surface area contributed by atoms with E-state index in [1.165, 1.54) is 0 Å². The van der Waals surface area contributed by atoms with E-state index in [0.29, 0.717) is 0 Å². The van der Waals surface area contributed by atoms with E-state index in [1.54, 1.807) is 6.20 Å². The average Bonchev–Trinajstić information content (AvgIpc) is 2.49. The topological polar surface area (TPSA) is 17.8 Å². The second-order valence-corrected chi connectivity index (χ2v) is 4.82. The molecule has 0 radical (unpaired) electrons. The van der Waals surface area contributed by atoms with Crippen LogP contribution in [-0.2, 0) is 6.54 Å². The van der Waals surface area contributed by atoms with Gasteiger partial charge in [0.25, 0.3) is 0 Å². The van der Waals surface area contributed by atoms with Gasteiger partial charge in [0.1, 0.15) is 0 Å². The number of aryl methyl sites for hydroxylation is 1. The van der Waals surface area contributed by atoms with Crippen LogP contribution < -0.4 is 0 Å². The van der Waals surface area contributed by atoms with Crippen LogP contribution in [0.15, 0.2) is 18.5 Å². The van der Waals surface area contributed by atoms with E-state index in [-0.39, 0.29) is 4.29 Å². The molecule has 1 aromatic rings. The fraction of sp³-hybridized carbons (Fsp3) is 0.625. The normalized spacial score (nSPS) is 13.2. The second-order valence-electron chi connectivity index (χ2n) is 2.66. The van der Waals surface area contributed by atoms with Crippen molar-refractivity contribution in [1.29, 1.82) is 0 Å². The fourth-order valence-electron chi connectivity index (χ4n) is 1.01. The van der Waals surface area contributed by atoms with Crippen molar-refractivity contribution in [2.75, 3.05) is 0 Å². The van der Waals surface area contributed by atoms with Crippen molar-refractivity contribution in [2.45, 2.75) is 30.1 Å². The quantitative estimate of drug-likeness (QED) is 0.581. The SMILES string of the molecule is ClC(Br)CCCCn1cccn1. The Hall–Kier alpha value is -0.0200. The number of unbranched alkanes of at least 4 members (excludes halogenated alkanes) is 1. The Morgan fingerprint density at radius 1 is 1.50 bits per heavy atom. The number of rotatable bonds is 5. The van der Waals surface area contributed by atoms with Crippen LogP contribution in [-0.4, -0.2) is 14.1 Å². The van der Waals surface area contributed by atoms with Crippen LogP contribution in [0.5, 0.6) is 0 Å². The molecule has 0 spiro atoms. The molecule has 1 rings (SSSR count). The van der Waals surface area contributed by atoms with Gasteiger partial charge in [-0.1, -0.05) is 15.9 Å².